The molecule has 5 saturated carbocycles. The summed E-state index contributed by atoms with van der Waals surface area (Å²) in [5.41, 5.74) is 5.39. The average molecular weight is 1020 g/mol. The zero-order valence-corrected chi connectivity index (χ0v) is 46.4. The van der Waals surface area contributed by atoms with Crippen LogP contribution < -0.4 is 15.5 Å². The van der Waals surface area contributed by atoms with E-state index in [1.807, 2.05) is 101 Å². The normalized spacial score (nSPS) is 28.6. The molecule has 2 N–H and O–H groups in total. The first-order chi connectivity index (χ1) is 35.5. The van der Waals surface area contributed by atoms with Gasteiger partial charge in [0.25, 0.3) is 0 Å². The number of benzene rings is 2. The predicted molar refractivity (Wildman–Crippen MR) is 288 cm³/mol. The molecule has 0 radical (unpaired) electrons. The van der Waals surface area contributed by atoms with E-state index in [1.165, 1.54) is 38.5 Å². The third kappa shape index (κ3) is 11.0. The number of amides is 2. The molecule has 1 saturated heterocycles. The summed E-state index contributed by atoms with van der Waals surface area (Å²) in [7, 11) is 1.86. The van der Waals surface area contributed by atoms with Crippen molar-refractivity contribution in [1.82, 2.24) is 25.6 Å². The van der Waals surface area contributed by atoms with E-state index in [9.17, 15) is 19.2 Å². The van der Waals surface area contributed by atoms with Gasteiger partial charge >= 0.3 is 5.97 Å². The second-order valence-electron chi connectivity index (χ2n) is 24.0. The largest absolute Gasteiger partial charge is 0.465 e. The number of para-hydroxylation sites is 1. The quantitative estimate of drug-likeness (QED) is 0.0818. The maximum Gasteiger partial charge on any atom is 0.305 e. The SMILES string of the molecule is CC.CCCC(=O)OCCC1(CCC(=O)NCCC(C)(C)OCCC(C)(C)C=O)OC2CCC2C2(O1)C1CC3CC4CC2C1(C3)C4.CNCCC(=O)N1Cc2ccccc2-c2c(nnn2C(C)C)-c2ccccc21. The first kappa shape index (κ1) is 55.7. The number of carbonyl (C=O) groups excluding carboxylic acids is 4. The molecule has 7 aliphatic rings. The minimum absolute atomic E-state index is 0.0202. The Kier molecular flexibility index (Phi) is 17.3. The van der Waals surface area contributed by atoms with Crippen molar-refractivity contribution in [1.29, 1.82) is 0 Å². The average Bonchev–Trinajstić information content (AvgIpc) is 4.01. The minimum atomic E-state index is -0.902. The van der Waals surface area contributed by atoms with Crippen molar-refractivity contribution in [3.05, 3.63) is 54.1 Å². The van der Waals surface area contributed by atoms with E-state index in [0.29, 0.717) is 94.4 Å². The summed E-state index contributed by atoms with van der Waals surface area (Å²) in [6.45, 7) is 20.5. The molecule has 14 nitrogen and oxygen atoms in total. The van der Waals surface area contributed by atoms with E-state index in [-0.39, 0.29) is 42.1 Å². The summed E-state index contributed by atoms with van der Waals surface area (Å²) in [5.74, 6) is 2.39. The molecular formula is C60H88N6O8. The molecule has 10 rings (SSSR count). The van der Waals surface area contributed by atoms with Crippen molar-refractivity contribution < 1.29 is 38.1 Å². The number of anilines is 1. The van der Waals surface area contributed by atoms with Gasteiger partial charge in [-0.2, -0.15) is 0 Å². The lowest BCUT2D eigenvalue weighted by molar-refractivity contribution is -0.454. The number of nitrogens with one attached hydrogen (secondary N) is 2. The van der Waals surface area contributed by atoms with Crippen molar-refractivity contribution in [2.75, 3.05) is 38.3 Å². The van der Waals surface area contributed by atoms with Crippen LogP contribution in [0.1, 0.15) is 170 Å². The molecule has 7 unspecified atom stereocenters. The van der Waals surface area contributed by atoms with Gasteiger partial charge in [-0.05, 0) is 140 Å². The zero-order chi connectivity index (χ0) is 53.1. The molecule has 2 amide bonds. The van der Waals surface area contributed by atoms with Gasteiger partial charge in [0.1, 0.15) is 12.0 Å². The molecule has 3 aromatic rings. The first-order valence-electron chi connectivity index (χ1n) is 28.5. The van der Waals surface area contributed by atoms with Gasteiger partial charge in [0.2, 0.25) is 11.8 Å². The fraction of sp³-hybridized carbons (Fsp3) is 0.700. The Morgan fingerprint density at radius 1 is 0.878 bits per heavy atom. The van der Waals surface area contributed by atoms with Crippen molar-refractivity contribution in [3.63, 3.8) is 0 Å². The molecule has 14 heteroatoms. The number of fused-ring (bicyclic) bond motifs is 11. The molecular weight excluding hydrogens is 933 g/mol. The predicted octanol–water partition coefficient (Wildman–Crippen LogP) is 10.8. The molecule has 2 spiro atoms. The Morgan fingerprint density at radius 3 is 2.24 bits per heavy atom. The van der Waals surface area contributed by atoms with Crippen LogP contribution >= 0.6 is 0 Å². The number of esters is 1. The molecule has 2 aliphatic heterocycles. The maximum atomic E-state index is 13.2. The molecule has 406 valence electrons. The van der Waals surface area contributed by atoms with Crippen molar-refractivity contribution in [2.24, 2.45) is 40.4 Å². The van der Waals surface area contributed by atoms with Gasteiger partial charge in [-0.25, -0.2) is 4.68 Å². The lowest BCUT2D eigenvalue weighted by Gasteiger charge is -2.73. The van der Waals surface area contributed by atoms with Crippen LogP contribution in [0.4, 0.5) is 5.69 Å². The smallest absolute Gasteiger partial charge is 0.305 e. The van der Waals surface area contributed by atoms with Crippen LogP contribution in [0.2, 0.25) is 0 Å². The Bertz CT molecular complexity index is 2430. The fourth-order valence-corrected chi connectivity index (χ4v) is 14.3. The molecule has 2 aromatic carbocycles. The van der Waals surface area contributed by atoms with E-state index in [1.54, 1.807) is 0 Å². The summed E-state index contributed by atoms with van der Waals surface area (Å²) in [6, 6.07) is 16.4. The van der Waals surface area contributed by atoms with Crippen LogP contribution in [0, 0.1) is 40.4 Å². The third-order valence-electron chi connectivity index (χ3n) is 17.8. The summed E-state index contributed by atoms with van der Waals surface area (Å²) >= 11 is 0. The lowest BCUT2D eigenvalue weighted by Crippen LogP contribution is -2.78. The topological polar surface area (TPSA) is 163 Å². The number of hydrogen-bond acceptors (Lipinski definition) is 11. The highest BCUT2D eigenvalue weighted by Crippen LogP contribution is 2.83. The van der Waals surface area contributed by atoms with E-state index in [0.717, 1.165) is 64.7 Å². The fourth-order valence-electron chi connectivity index (χ4n) is 14.3. The van der Waals surface area contributed by atoms with Crippen LogP contribution in [0.3, 0.4) is 0 Å². The number of ether oxygens (including phenoxy) is 4. The van der Waals surface area contributed by atoms with Crippen LogP contribution in [-0.4, -0.2) is 95.5 Å². The van der Waals surface area contributed by atoms with Gasteiger partial charge in [0.15, 0.2) is 5.79 Å². The molecule has 74 heavy (non-hydrogen) atoms. The highest BCUT2D eigenvalue weighted by Gasteiger charge is 2.83. The van der Waals surface area contributed by atoms with Crippen LogP contribution in [0.25, 0.3) is 22.5 Å². The van der Waals surface area contributed by atoms with Gasteiger partial charge in [-0.1, -0.05) is 82.3 Å². The van der Waals surface area contributed by atoms with E-state index < -0.39 is 16.8 Å². The van der Waals surface area contributed by atoms with Crippen LogP contribution in [-0.2, 0) is 44.7 Å². The van der Waals surface area contributed by atoms with Crippen LogP contribution in [0.15, 0.2) is 48.5 Å². The minimum Gasteiger partial charge on any atom is -0.465 e. The van der Waals surface area contributed by atoms with Gasteiger partial charge < -0.3 is 39.3 Å². The molecule has 1 aromatic heterocycles. The Morgan fingerprint density at radius 2 is 1.58 bits per heavy atom. The van der Waals surface area contributed by atoms with Crippen LogP contribution in [0.5, 0.6) is 0 Å². The molecule has 7 atom stereocenters. The lowest BCUT2D eigenvalue weighted by atomic mass is 9.40. The number of nitrogens with zero attached hydrogens (tertiary/aromatic N) is 4. The number of aldehydes is 1. The number of aromatic nitrogens is 3. The van der Waals surface area contributed by atoms with Gasteiger partial charge in [0.05, 0.1) is 41.8 Å². The Balaban J connectivity index is 0.000000209. The summed E-state index contributed by atoms with van der Waals surface area (Å²) in [4.78, 5) is 51.6. The Hall–Kier alpha value is -4.50. The number of hydrogen-bond donors (Lipinski definition) is 2. The second kappa shape index (κ2) is 23.0. The van der Waals surface area contributed by atoms with E-state index >= 15 is 0 Å². The Labute approximate surface area is 441 Å². The maximum absolute atomic E-state index is 13.2. The first-order valence-corrected chi connectivity index (χ1v) is 28.5. The van der Waals surface area contributed by atoms with Crippen molar-refractivity contribution in [3.8, 4) is 22.5 Å². The van der Waals surface area contributed by atoms with E-state index in [2.05, 4.69) is 46.9 Å². The molecule has 6 fully saturated rings. The number of carbonyl (C=O) groups is 4. The van der Waals surface area contributed by atoms with Gasteiger partial charge in [-0.3, -0.25) is 14.4 Å². The highest BCUT2D eigenvalue weighted by molar-refractivity contribution is 6.00. The van der Waals surface area contributed by atoms with Crippen molar-refractivity contribution >= 4 is 29.8 Å². The second-order valence-corrected chi connectivity index (χ2v) is 24.0. The van der Waals surface area contributed by atoms with Gasteiger partial charge in [-0.15, -0.1) is 5.10 Å². The van der Waals surface area contributed by atoms with Crippen molar-refractivity contribution in [2.45, 2.75) is 194 Å². The molecule has 3 bridgehead atoms. The third-order valence-corrected chi connectivity index (χ3v) is 17.8. The van der Waals surface area contributed by atoms with Gasteiger partial charge in [0, 0.05) is 80.3 Å². The van der Waals surface area contributed by atoms with E-state index in [4.69, 9.17) is 18.9 Å². The zero-order valence-electron chi connectivity index (χ0n) is 46.4. The monoisotopic (exact) mass is 1020 g/mol. The molecule has 3 heterocycles. The summed E-state index contributed by atoms with van der Waals surface area (Å²) in [5, 5.41) is 15.2. The standard InChI is InChI=1S/C36H57NO7.C22H25N5O.C2H6/c1-6-7-31(40)41-16-14-35(11-10-30(39)37-15-12-33(4,5)42-17-13-32(2,3)23-38)43-27-9-8-26(27)36(44-35)28-19-24-18-25-20-29(36)34(28,21-24)22-25;1-15(2)27-22-17-9-5-4-8-16(17)14-26(20(28)12-13-23-3)19-11-7-6-10-18(19)21(22)24-25-27;1-2/h23-29H,6-22H2,1-5H3,(H,37,39);4-11,15,23H,12-14H2,1-3H3;1-2H3. The highest BCUT2D eigenvalue weighted by atomic mass is 16.7. The molecule has 5 aliphatic carbocycles. The number of rotatable bonds is 20. The summed E-state index contributed by atoms with van der Waals surface area (Å²) in [6.07, 6.45) is 14.4. The summed E-state index contributed by atoms with van der Waals surface area (Å²) < 4.78 is 27.9.